The molecule has 0 aromatic carbocycles. The van der Waals surface area contributed by atoms with Crippen molar-refractivity contribution in [1.82, 2.24) is 10.1 Å². The number of carbonyl (C=O) groups is 1. The van der Waals surface area contributed by atoms with Crippen LogP contribution >= 0.6 is 0 Å². The van der Waals surface area contributed by atoms with Gasteiger partial charge in [0.25, 0.3) is 0 Å². The van der Waals surface area contributed by atoms with Gasteiger partial charge in [0.15, 0.2) is 0 Å². The molecule has 0 saturated heterocycles. The summed E-state index contributed by atoms with van der Waals surface area (Å²) >= 11 is 0. The highest BCUT2D eigenvalue weighted by molar-refractivity contribution is 5.87. The molecule has 2 aromatic heterocycles. The van der Waals surface area contributed by atoms with E-state index < -0.39 is 5.97 Å². The van der Waals surface area contributed by atoms with Crippen molar-refractivity contribution in [3.05, 3.63) is 35.7 Å². The molecule has 0 fully saturated rings. The lowest BCUT2D eigenvalue weighted by atomic mass is 10.1. The monoisotopic (exact) mass is 204 g/mol. The van der Waals surface area contributed by atoms with Gasteiger partial charge in [-0.3, -0.25) is 4.98 Å². The average molecular weight is 204 g/mol. The largest absolute Gasteiger partial charge is 0.475 e. The smallest absolute Gasteiger partial charge is 0.375 e. The molecule has 15 heavy (non-hydrogen) atoms. The van der Waals surface area contributed by atoms with E-state index >= 15 is 0 Å². The molecular weight excluding hydrogens is 196 g/mol. The summed E-state index contributed by atoms with van der Waals surface area (Å²) in [6.07, 6.45) is 1.61. The molecule has 5 nitrogen and oxygen atoms in total. The maximum atomic E-state index is 10.7. The highest BCUT2D eigenvalue weighted by atomic mass is 16.5. The zero-order valence-electron chi connectivity index (χ0n) is 7.97. The van der Waals surface area contributed by atoms with Crippen LogP contribution in [0, 0.1) is 6.92 Å². The highest BCUT2D eigenvalue weighted by Crippen LogP contribution is 2.22. The summed E-state index contributed by atoms with van der Waals surface area (Å²) in [5, 5.41) is 12.5. The lowest BCUT2D eigenvalue weighted by Crippen LogP contribution is -1.96. The Bertz CT molecular complexity index is 491. The standard InChI is InChI=1S/C10H8N2O3/c1-6-8(7-4-2-3-5-11-7)12-15-9(6)10(13)14/h2-5H,1H3,(H,13,14). The molecule has 76 valence electrons. The van der Waals surface area contributed by atoms with Gasteiger partial charge in [0.1, 0.15) is 5.69 Å². The quantitative estimate of drug-likeness (QED) is 0.806. The summed E-state index contributed by atoms with van der Waals surface area (Å²) < 4.78 is 4.72. The van der Waals surface area contributed by atoms with Crippen LogP contribution in [0.1, 0.15) is 16.1 Å². The maximum absolute atomic E-state index is 10.7. The van der Waals surface area contributed by atoms with Gasteiger partial charge in [-0.25, -0.2) is 4.79 Å². The van der Waals surface area contributed by atoms with Crippen LogP contribution in [0.15, 0.2) is 28.9 Å². The Balaban J connectivity index is 2.52. The minimum Gasteiger partial charge on any atom is -0.475 e. The fourth-order valence-corrected chi connectivity index (χ4v) is 1.28. The van der Waals surface area contributed by atoms with Gasteiger partial charge >= 0.3 is 5.97 Å². The van der Waals surface area contributed by atoms with Crippen LogP contribution in [0.25, 0.3) is 11.4 Å². The second-order valence-electron chi connectivity index (χ2n) is 3.01. The SMILES string of the molecule is Cc1c(-c2ccccn2)noc1C(=O)O. The minimum atomic E-state index is -1.12. The van der Waals surface area contributed by atoms with Crippen molar-refractivity contribution in [3.8, 4) is 11.4 Å². The Morgan fingerprint density at radius 2 is 2.27 bits per heavy atom. The molecule has 2 heterocycles. The fraction of sp³-hybridized carbons (Fsp3) is 0.100. The van der Waals surface area contributed by atoms with Gasteiger partial charge in [0, 0.05) is 11.8 Å². The third kappa shape index (κ3) is 1.59. The number of aromatic carboxylic acids is 1. The number of hydrogen-bond acceptors (Lipinski definition) is 4. The van der Waals surface area contributed by atoms with E-state index in [1.807, 2.05) is 0 Å². The number of pyridine rings is 1. The first-order valence-electron chi connectivity index (χ1n) is 4.31. The number of hydrogen-bond donors (Lipinski definition) is 1. The molecule has 1 N–H and O–H groups in total. The summed E-state index contributed by atoms with van der Waals surface area (Å²) in [5.41, 5.74) is 1.56. The first-order chi connectivity index (χ1) is 7.20. The predicted octanol–water partition coefficient (Wildman–Crippen LogP) is 1.74. The van der Waals surface area contributed by atoms with Crippen molar-refractivity contribution >= 4 is 5.97 Å². The van der Waals surface area contributed by atoms with Gasteiger partial charge in [-0.1, -0.05) is 11.2 Å². The van der Waals surface area contributed by atoms with Crippen LogP contribution in [-0.4, -0.2) is 21.2 Å². The summed E-state index contributed by atoms with van der Waals surface area (Å²) in [4.78, 5) is 14.8. The average Bonchev–Trinajstić information content (AvgIpc) is 2.61. The second-order valence-corrected chi connectivity index (χ2v) is 3.01. The normalized spacial score (nSPS) is 10.2. The van der Waals surface area contributed by atoms with Crippen LogP contribution in [-0.2, 0) is 0 Å². The number of carboxylic acids is 1. The Morgan fingerprint density at radius 1 is 1.47 bits per heavy atom. The lowest BCUT2D eigenvalue weighted by Gasteiger charge is -1.94. The second kappa shape index (κ2) is 3.53. The zero-order chi connectivity index (χ0) is 10.8. The Kier molecular flexibility index (Phi) is 2.21. The van der Waals surface area contributed by atoms with Crippen molar-refractivity contribution in [1.29, 1.82) is 0 Å². The zero-order valence-corrected chi connectivity index (χ0v) is 7.97. The molecule has 0 amide bonds. The van der Waals surface area contributed by atoms with Gasteiger partial charge in [0.05, 0.1) is 5.69 Å². The van der Waals surface area contributed by atoms with Crippen LogP contribution in [0.4, 0.5) is 0 Å². The van der Waals surface area contributed by atoms with Crippen molar-refractivity contribution < 1.29 is 14.4 Å². The number of aromatic nitrogens is 2. The van der Waals surface area contributed by atoms with Crippen LogP contribution in [0.5, 0.6) is 0 Å². The van der Waals surface area contributed by atoms with Gasteiger partial charge in [-0.15, -0.1) is 0 Å². The van der Waals surface area contributed by atoms with E-state index in [-0.39, 0.29) is 5.76 Å². The molecule has 0 saturated carbocycles. The molecule has 0 spiro atoms. The Hall–Kier alpha value is -2.17. The van der Waals surface area contributed by atoms with E-state index in [4.69, 9.17) is 9.63 Å². The van der Waals surface area contributed by atoms with E-state index in [1.165, 1.54) is 0 Å². The molecule has 0 aliphatic heterocycles. The first-order valence-corrected chi connectivity index (χ1v) is 4.31. The molecular formula is C10H8N2O3. The van der Waals surface area contributed by atoms with Crippen LogP contribution < -0.4 is 0 Å². The summed E-state index contributed by atoms with van der Waals surface area (Å²) in [6, 6.07) is 5.32. The number of rotatable bonds is 2. The van der Waals surface area contributed by atoms with Crippen LogP contribution in [0.3, 0.4) is 0 Å². The van der Waals surface area contributed by atoms with E-state index in [9.17, 15) is 4.79 Å². The Labute approximate surface area is 85.4 Å². The van der Waals surface area contributed by atoms with E-state index in [1.54, 1.807) is 31.3 Å². The molecule has 2 rings (SSSR count). The third-order valence-corrected chi connectivity index (χ3v) is 2.03. The summed E-state index contributed by atoms with van der Waals surface area (Å²) in [6.45, 7) is 1.64. The highest BCUT2D eigenvalue weighted by Gasteiger charge is 2.19. The van der Waals surface area contributed by atoms with E-state index in [0.717, 1.165) is 0 Å². The van der Waals surface area contributed by atoms with Crippen molar-refractivity contribution in [3.63, 3.8) is 0 Å². The third-order valence-electron chi connectivity index (χ3n) is 2.03. The molecule has 0 radical (unpaired) electrons. The van der Waals surface area contributed by atoms with E-state index in [0.29, 0.717) is 17.0 Å². The predicted molar refractivity (Wildman–Crippen MR) is 51.4 cm³/mol. The molecule has 5 heteroatoms. The lowest BCUT2D eigenvalue weighted by molar-refractivity contribution is 0.0651. The van der Waals surface area contributed by atoms with Gasteiger partial charge in [0.2, 0.25) is 5.76 Å². The summed E-state index contributed by atoms with van der Waals surface area (Å²) in [5.74, 6) is -1.27. The molecule has 0 aliphatic rings. The van der Waals surface area contributed by atoms with Gasteiger partial charge in [-0.05, 0) is 19.1 Å². The van der Waals surface area contributed by atoms with Crippen molar-refractivity contribution in [2.24, 2.45) is 0 Å². The Morgan fingerprint density at radius 3 is 2.80 bits per heavy atom. The number of carboxylic acid groups (broad SMARTS) is 1. The van der Waals surface area contributed by atoms with Crippen molar-refractivity contribution in [2.75, 3.05) is 0 Å². The fourth-order valence-electron chi connectivity index (χ4n) is 1.28. The topological polar surface area (TPSA) is 76.2 Å². The molecule has 2 aromatic rings. The minimum absolute atomic E-state index is 0.143. The first kappa shape index (κ1) is 9.39. The molecule has 0 atom stereocenters. The van der Waals surface area contributed by atoms with Gasteiger partial charge < -0.3 is 9.63 Å². The molecule has 0 aliphatic carbocycles. The van der Waals surface area contributed by atoms with E-state index in [2.05, 4.69) is 10.1 Å². The van der Waals surface area contributed by atoms with Crippen LogP contribution in [0.2, 0.25) is 0 Å². The molecule has 0 unspecified atom stereocenters. The molecule has 0 bridgehead atoms. The summed E-state index contributed by atoms with van der Waals surface area (Å²) in [7, 11) is 0. The van der Waals surface area contributed by atoms with Crippen molar-refractivity contribution in [2.45, 2.75) is 6.92 Å². The maximum Gasteiger partial charge on any atom is 0.375 e. The number of nitrogens with zero attached hydrogens (tertiary/aromatic N) is 2. The van der Waals surface area contributed by atoms with Gasteiger partial charge in [-0.2, -0.15) is 0 Å².